The van der Waals surface area contributed by atoms with Gasteiger partial charge in [0, 0.05) is 6.42 Å². The van der Waals surface area contributed by atoms with E-state index in [4.69, 9.17) is 4.74 Å². The average molecular weight is 401 g/mol. The molecule has 158 valence electrons. The van der Waals surface area contributed by atoms with Gasteiger partial charge in [-0.2, -0.15) is 0 Å². The second-order valence-electron chi connectivity index (χ2n) is 9.93. The van der Waals surface area contributed by atoms with Gasteiger partial charge >= 0.3 is 5.97 Å². The molecule has 1 fully saturated rings. The summed E-state index contributed by atoms with van der Waals surface area (Å²) >= 11 is 0. The third kappa shape index (κ3) is 4.98. The molecule has 2 unspecified atom stereocenters. The summed E-state index contributed by atoms with van der Waals surface area (Å²) in [4.78, 5) is 11.7. The van der Waals surface area contributed by atoms with Gasteiger partial charge in [-0.3, -0.25) is 4.79 Å². The molecule has 3 nitrogen and oxygen atoms in total. The molecule has 29 heavy (non-hydrogen) atoms. The van der Waals surface area contributed by atoms with E-state index in [9.17, 15) is 14.3 Å². The molecule has 4 heteroatoms. The Hall–Kier alpha value is -1.94. The van der Waals surface area contributed by atoms with Crippen LogP contribution in [0.1, 0.15) is 71.4 Å². The van der Waals surface area contributed by atoms with Crippen LogP contribution in [0.5, 0.6) is 0 Å². The van der Waals surface area contributed by atoms with E-state index in [2.05, 4.69) is 33.8 Å². The standard InChI is InChI=1S/C25H33FO3/c1-6-16-11-17(7-10-22(16)26)20-14-24(2,3)15-25(4,5)21(20)9-8-19-12-18(27)13-23(28)29-19/h7-11,18-19,27H,6,12-15H2,1-5H3. The van der Waals surface area contributed by atoms with E-state index in [1.165, 1.54) is 11.1 Å². The molecule has 1 aromatic rings. The van der Waals surface area contributed by atoms with Crippen LogP contribution in [0.25, 0.3) is 5.57 Å². The minimum absolute atomic E-state index is 0.0628. The number of cyclic esters (lactones) is 1. The molecule has 2 aliphatic rings. The minimum Gasteiger partial charge on any atom is -0.458 e. The number of carbonyl (C=O) groups excluding carboxylic acids is 1. The summed E-state index contributed by atoms with van der Waals surface area (Å²) in [7, 11) is 0. The molecule has 0 radical (unpaired) electrons. The van der Waals surface area contributed by atoms with Gasteiger partial charge in [-0.25, -0.2) is 4.39 Å². The highest BCUT2D eigenvalue weighted by molar-refractivity contribution is 5.74. The number of rotatable bonds is 4. The van der Waals surface area contributed by atoms with Crippen LogP contribution in [0.3, 0.4) is 0 Å². The van der Waals surface area contributed by atoms with Crippen LogP contribution in [-0.2, 0) is 16.0 Å². The Morgan fingerprint density at radius 1 is 1.28 bits per heavy atom. The first-order chi connectivity index (χ1) is 13.5. The molecule has 1 aliphatic heterocycles. The van der Waals surface area contributed by atoms with Crippen molar-refractivity contribution in [3.05, 3.63) is 52.9 Å². The first kappa shape index (κ1) is 21.8. The van der Waals surface area contributed by atoms with Crippen LogP contribution in [0, 0.1) is 16.6 Å². The van der Waals surface area contributed by atoms with Crippen molar-refractivity contribution in [2.24, 2.45) is 10.8 Å². The van der Waals surface area contributed by atoms with Crippen molar-refractivity contribution in [1.82, 2.24) is 0 Å². The molecule has 1 saturated heterocycles. The highest BCUT2D eigenvalue weighted by Crippen LogP contribution is 2.52. The normalized spacial score (nSPS) is 26.7. The van der Waals surface area contributed by atoms with Crippen LogP contribution >= 0.6 is 0 Å². The lowest BCUT2D eigenvalue weighted by molar-refractivity contribution is -0.156. The van der Waals surface area contributed by atoms with Gasteiger partial charge in [0.05, 0.1) is 12.5 Å². The summed E-state index contributed by atoms with van der Waals surface area (Å²) in [5.41, 5.74) is 4.26. The molecular weight excluding hydrogens is 367 g/mol. The summed E-state index contributed by atoms with van der Waals surface area (Å²) in [5, 5.41) is 9.89. The fourth-order valence-corrected chi connectivity index (χ4v) is 5.08. The third-order valence-corrected chi connectivity index (χ3v) is 6.07. The number of esters is 1. The van der Waals surface area contributed by atoms with Crippen molar-refractivity contribution in [3.8, 4) is 0 Å². The Kier molecular flexibility index (Phi) is 6.05. The first-order valence-corrected chi connectivity index (χ1v) is 10.6. The molecule has 2 atom stereocenters. The van der Waals surface area contributed by atoms with Gasteiger partial charge < -0.3 is 9.84 Å². The van der Waals surface area contributed by atoms with Gasteiger partial charge in [0.1, 0.15) is 11.9 Å². The molecule has 0 spiro atoms. The number of benzene rings is 1. The Balaban J connectivity index is 2.06. The zero-order valence-corrected chi connectivity index (χ0v) is 18.2. The molecule has 1 aliphatic carbocycles. The largest absolute Gasteiger partial charge is 0.458 e. The number of carbonyl (C=O) groups is 1. The van der Waals surface area contributed by atoms with Crippen molar-refractivity contribution in [2.45, 2.75) is 78.9 Å². The summed E-state index contributed by atoms with van der Waals surface area (Å²) in [6.07, 6.45) is 5.97. The van der Waals surface area contributed by atoms with Crippen LogP contribution < -0.4 is 0 Å². The van der Waals surface area contributed by atoms with E-state index in [-0.39, 0.29) is 29.0 Å². The quantitative estimate of drug-likeness (QED) is 0.668. The molecule has 0 saturated carbocycles. The maximum Gasteiger partial charge on any atom is 0.309 e. The number of hydrogen-bond acceptors (Lipinski definition) is 3. The van der Waals surface area contributed by atoms with E-state index in [1.54, 1.807) is 6.07 Å². The molecule has 1 N–H and O–H groups in total. The second kappa shape index (κ2) is 8.06. The molecular formula is C25H33FO3. The lowest BCUT2D eigenvalue weighted by Crippen LogP contribution is -2.32. The Bertz CT molecular complexity index is 848. The fourth-order valence-electron chi connectivity index (χ4n) is 5.08. The summed E-state index contributed by atoms with van der Waals surface area (Å²) < 4.78 is 19.5. The van der Waals surface area contributed by atoms with E-state index in [0.717, 1.165) is 24.0 Å². The zero-order chi connectivity index (χ0) is 21.4. The predicted octanol–water partition coefficient (Wildman–Crippen LogP) is 5.61. The highest BCUT2D eigenvalue weighted by Gasteiger charge is 2.38. The molecule has 1 aromatic carbocycles. The lowest BCUT2D eigenvalue weighted by atomic mass is 9.61. The fraction of sp³-hybridized carbons (Fsp3) is 0.560. The van der Waals surface area contributed by atoms with Crippen LogP contribution in [-0.4, -0.2) is 23.3 Å². The van der Waals surface area contributed by atoms with Crippen LogP contribution in [0.2, 0.25) is 0 Å². The molecule has 0 amide bonds. The Morgan fingerprint density at radius 2 is 2.00 bits per heavy atom. The first-order valence-electron chi connectivity index (χ1n) is 10.6. The summed E-state index contributed by atoms with van der Waals surface area (Å²) in [6.45, 7) is 11.0. The SMILES string of the molecule is CCc1cc(C2=C(C=CC3CC(O)CC(=O)O3)C(C)(C)CC(C)(C)C2)ccc1F. The van der Waals surface area contributed by atoms with Gasteiger partial charge in [-0.1, -0.05) is 46.8 Å². The topological polar surface area (TPSA) is 46.5 Å². The minimum atomic E-state index is -0.651. The smallest absolute Gasteiger partial charge is 0.309 e. The predicted molar refractivity (Wildman–Crippen MR) is 114 cm³/mol. The van der Waals surface area contributed by atoms with Crippen molar-refractivity contribution >= 4 is 11.5 Å². The second-order valence-corrected chi connectivity index (χ2v) is 9.93. The van der Waals surface area contributed by atoms with Gasteiger partial charge in [-0.15, -0.1) is 0 Å². The summed E-state index contributed by atoms with van der Waals surface area (Å²) in [5.74, 6) is -0.519. The zero-order valence-electron chi connectivity index (χ0n) is 18.2. The maximum absolute atomic E-state index is 14.1. The van der Waals surface area contributed by atoms with Crippen molar-refractivity contribution in [3.63, 3.8) is 0 Å². The van der Waals surface area contributed by atoms with Gasteiger partial charge in [0.15, 0.2) is 0 Å². The van der Waals surface area contributed by atoms with Gasteiger partial charge in [-0.05, 0) is 70.6 Å². The molecule has 1 heterocycles. The molecule has 0 aromatic heterocycles. The number of allylic oxidation sites excluding steroid dienone is 3. The van der Waals surface area contributed by atoms with Crippen LogP contribution in [0.15, 0.2) is 35.9 Å². The maximum atomic E-state index is 14.1. The molecule has 0 bridgehead atoms. The van der Waals surface area contributed by atoms with E-state index < -0.39 is 12.2 Å². The number of halogens is 1. The van der Waals surface area contributed by atoms with Crippen molar-refractivity contribution < 1.29 is 19.0 Å². The Morgan fingerprint density at radius 3 is 2.66 bits per heavy atom. The number of aliphatic hydroxyl groups excluding tert-OH is 1. The van der Waals surface area contributed by atoms with E-state index in [0.29, 0.717) is 12.8 Å². The lowest BCUT2D eigenvalue weighted by Gasteiger charge is -2.43. The van der Waals surface area contributed by atoms with E-state index >= 15 is 0 Å². The van der Waals surface area contributed by atoms with E-state index in [1.807, 2.05) is 25.1 Å². The third-order valence-electron chi connectivity index (χ3n) is 6.07. The Labute approximate surface area is 173 Å². The number of ether oxygens (including phenoxy) is 1. The number of aryl methyl sites for hydroxylation is 1. The monoisotopic (exact) mass is 400 g/mol. The summed E-state index contributed by atoms with van der Waals surface area (Å²) in [6, 6.07) is 5.41. The van der Waals surface area contributed by atoms with Crippen molar-refractivity contribution in [1.29, 1.82) is 0 Å². The highest BCUT2D eigenvalue weighted by atomic mass is 19.1. The number of aliphatic hydroxyl groups is 1. The van der Waals surface area contributed by atoms with Crippen molar-refractivity contribution in [2.75, 3.05) is 0 Å². The molecule has 3 rings (SSSR count). The van der Waals surface area contributed by atoms with Gasteiger partial charge in [0.2, 0.25) is 0 Å². The number of hydrogen-bond donors (Lipinski definition) is 1. The van der Waals surface area contributed by atoms with Gasteiger partial charge in [0.25, 0.3) is 0 Å². The van der Waals surface area contributed by atoms with Crippen LogP contribution in [0.4, 0.5) is 4.39 Å². The average Bonchev–Trinajstić information content (AvgIpc) is 2.58.